The lowest BCUT2D eigenvalue weighted by molar-refractivity contribution is -0.118. The Morgan fingerprint density at radius 1 is 1.11 bits per heavy atom. The molecule has 0 unspecified atom stereocenters. The van der Waals surface area contributed by atoms with Crippen LogP contribution in [-0.4, -0.2) is 28.6 Å². The molecule has 0 aliphatic rings. The molecule has 5 heteroatoms. The van der Waals surface area contributed by atoms with Gasteiger partial charge in [0.15, 0.2) is 0 Å². The van der Waals surface area contributed by atoms with Crippen molar-refractivity contribution in [2.24, 2.45) is 5.73 Å². The predicted octanol–water partition coefficient (Wildman–Crippen LogP) is 2.21. The Hall–Kier alpha value is -2.04. The lowest BCUT2D eigenvalue weighted by Gasteiger charge is -2.19. The second-order valence-electron chi connectivity index (χ2n) is 4.47. The van der Waals surface area contributed by atoms with Crippen molar-refractivity contribution in [2.75, 3.05) is 6.54 Å². The van der Waals surface area contributed by atoms with Crippen LogP contribution in [0.1, 0.15) is 31.2 Å². The molecular weight excluding hydrogens is 244 g/mol. The summed E-state index contributed by atoms with van der Waals surface area (Å²) in [7, 11) is 0. The van der Waals surface area contributed by atoms with Gasteiger partial charge in [-0.05, 0) is 18.4 Å². The van der Waals surface area contributed by atoms with Crippen LogP contribution in [0, 0.1) is 0 Å². The van der Waals surface area contributed by atoms with Crippen LogP contribution in [0.2, 0.25) is 0 Å². The molecule has 0 radical (unpaired) electrons. The highest BCUT2D eigenvalue weighted by Gasteiger charge is 2.11. The smallest absolute Gasteiger partial charge is 0.407 e. The summed E-state index contributed by atoms with van der Waals surface area (Å²) in [5.74, 6) is -0.306. The Kier molecular flexibility index (Phi) is 6.43. The van der Waals surface area contributed by atoms with Crippen LogP contribution in [0.15, 0.2) is 30.3 Å². The second-order valence-corrected chi connectivity index (χ2v) is 4.47. The maximum atomic E-state index is 11.1. The van der Waals surface area contributed by atoms with E-state index in [1.807, 2.05) is 30.3 Å². The molecule has 1 aromatic carbocycles. The second kappa shape index (κ2) is 8.13. The average Bonchev–Trinajstić information content (AvgIpc) is 2.37. The molecule has 2 amide bonds. The van der Waals surface area contributed by atoms with E-state index in [1.165, 1.54) is 4.90 Å². The van der Waals surface area contributed by atoms with Crippen LogP contribution in [0.3, 0.4) is 0 Å². The van der Waals surface area contributed by atoms with Gasteiger partial charge in [-0.3, -0.25) is 4.79 Å². The summed E-state index contributed by atoms with van der Waals surface area (Å²) in [6.07, 6.45) is 1.71. The van der Waals surface area contributed by atoms with Gasteiger partial charge in [0.25, 0.3) is 0 Å². The van der Waals surface area contributed by atoms with Crippen molar-refractivity contribution in [1.82, 2.24) is 4.90 Å². The topological polar surface area (TPSA) is 83.6 Å². The first kappa shape index (κ1) is 15.0. The number of nitrogens with two attached hydrogens (primary N) is 1. The zero-order valence-corrected chi connectivity index (χ0v) is 10.9. The number of amides is 2. The van der Waals surface area contributed by atoms with Crippen LogP contribution in [0.4, 0.5) is 4.79 Å². The molecule has 0 saturated carbocycles. The Morgan fingerprint density at radius 2 is 1.79 bits per heavy atom. The monoisotopic (exact) mass is 264 g/mol. The standard InChI is InChI=1S/C14H20N2O3/c15-13(17)9-5-2-6-10-16(14(18)19)11-12-7-3-1-4-8-12/h1,3-4,7-8H,2,5-6,9-11H2,(H2,15,17)(H,18,19). The van der Waals surface area contributed by atoms with E-state index >= 15 is 0 Å². The fourth-order valence-electron chi connectivity index (χ4n) is 1.82. The fraction of sp³-hybridized carbons (Fsp3) is 0.429. The largest absolute Gasteiger partial charge is 0.465 e. The zero-order valence-electron chi connectivity index (χ0n) is 10.9. The molecule has 0 aliphatic carbocycles. The highest BCUT2D eigenvalue weighted by atomic mass is 16.4. The van der Waals surface area contributed by atoms with Gasteiger partial charge in [0, 0.05) is 19.5 Å². The average molecular weight is 264 g/mol. The van der Waals surface area contributed by atoms with Crippen molar-refractivity contribution in [1.29, 1.82) is 0 Å². The zero-order chi connectivity index (χ0) is 14.1. The van der Waals surface area contributed by atoms with Crippen molar-refractivity contribution in [2.45, 2.75) is 32.2 Å². The van der Waals surface area contributed by atoms with Crippen LogP contribution in [-0.2, 0) is 11.3 Å². The minimum absolute atomic E-state index is 0.306. The van der Waals surface area contributed by atoms with Gasteiger partial charge in [0.05, 0.1) is 0 Å². The number of nitrogens with zero attached hydrogens (tertiary/aromatic N) is 1. The molecule has 0 atom stereocenters. The fourth-order valence-corrected chi connectivity index (χ4v) is 1.82. The number of hydrogen-bond acceptors (Lipinski definition) is 2. The molecule has 104 valence electrons. The molecule has 19 heavy (non-hydrogen) atoms. The van der Waals surface area contributed by atoms with Gasteiger partial charge in [0.2, 0.25) is 5.91 Å². The molecule has 0 spiro atoms. The highest BCUT2D eigenvalue weighted by Crippen LogP contribution is 2.07. The third kappa shape index (κ3) is 6.45. The number of primary amides is 1. The molecule has 5 nitrogen and oxygen atoms in total. The molecular formula is C14H20N2O3. The van der Waals surface area contributed by atoms with E-state index in [1.54, 1.807) is 0 Å². The lowest BCUT2D eigenvalue weighted by atomic mass is 10.1. The number of carbonyl (C=O) groups is 2. The van der Waals surface area contributed by atoms with Crippen molar-refractivity contribution < 1.29 is 14.7 Å². The quantitative estimate of drug-likeness (QED) is 0.706. The van der Waals surface area contributed by atoms with E-state index < -0.39 is 6.09 Å². The summed E-state index contributed by atoms with van der Waals surface area (Å²) < 4.78 is 0. The molecule has 3 N–H and O–H groups in total. The minimum atomic E-state index is -0.918. The van der Waals surface area contributed by atoms with Gasteiger partial charge in [-0.1, -0.05) is 36.8 Å². The van der Waals surface area contributed by atoms with E-state index in [0.717, 1.165) is 18.4 Å². The number of hydrogen-bond donors (Lipinski definition) is 2. The summed E-state index contributed by atoms with van der Waals surface area (Å²) >= 11 is 0. The first-order valence-corrected chi connectivity index (χ1v) is 6.39. The third-order valence-electron chi connectivity index (χ3n) is 2.84. The van der Waals surface area contributed by atoms with E-state index in [-0.39, 0.29) is 5.91 Å². The summed E-state index contributed by atoms with van der Waals surface area (Å²) in [6.45, 7) is 0.870. The van der Waals surface area contributed by atoms with Gasteiger partial charge in [-0.2, -0.15) is 0 Å². The SMILES string of the molecule is NC(=O)CCCCCN(Cc1ccccc1)C(=O)O. The Labute approximate surface area is 113 Å². The first-order chi connectivity index (χ1) is 9.09. The van der Waals surface area contributed by atoms with Gasteiger partial charge in [-0.15, -0.1) is 0 Å². The molecule has 0 aromatic heterocycles. The molecule has 0 bridgehead atoms. The normalized spacial score (nSPS) is 10.1. The number of benzene rings is 1. The molecule has 0 saturated heterocycles. The van der Waals surface area contributed by atoms with Crippen molar-refractivity contribution in [3.63, 3.8) is 0 Å². The van der Waals surface area contributed by atoms with E-state index in [9.17, 15) is 9.59 Å². The summed E-state index contributed by atoms with van der Waals surface area (Å²) in [5.41, 5.74) is 6.02. The Balaban J connectivity index is 2.33. The molecule has 0 heterocycles. The van der Waals surface area contributed by atoms with Crippen LogP contribution >= 0.6 is 0 Å². The first-order valence-electron chi connectivity index (χ1n) is 6.39. The van der Waals surface area contributed by atoms with Crippen molar-refractivity contribution in [3.05, 3.63) is 35.9 Å². The highest BCUT2D eigenvalue weighted by molar-refractivity contribution is 5.73. The molecule has 0 fully saturated rings. The van der Waals surface area contributed by atoms with Gasteiger partial charge in [0.1, 0.15) is 0 Å². The molecule has 1 rings (SSSR count). The Bertz CT molecular complexity index is 406. The van der Waals surface area contributed by atoms with E-state index in [4.69, 9.17) is 10.8 Å². The minimum Gasteiger partial charge on any atom is -0.465 e. The van der Waals surface area contributed by atoms with E-state index in [2.05, 4.69) is 0 Å². The van der Waals surface area contributed by atoms with Gasteiger partial charge in [-0.25, -0.2) is 4.79 Å². The van der Waals surface area contributed by atoms with Gasteiger partial charge < -0.3 is 15.7 Å². The van der Waals surface area contributed by atoms with E-state index in [0.29, 0.717) is 25.9 Å². The van der Waals surface area contributed by atoms with Crippen LogP contribution < -0.4 is 5.73 Å². The van der Waals surface area contributed by atoms with Crippen LogP contribution in [0.25, 0.3) is 0 Å². The van der Waals surface area contributed by atoms with Crippen LogP contribution in [0.5, 0.6) is 0 Å². The summed E-state index contributed by atoms with van der Waals surface area (Å²) in [4.78, 5) is 23.1. The Morgan fingerprint density at radius 3 is 2.37 bits per heavy atom. The number of unbranched alkanes of at least 4 members (excludes halogenated alkanes) is 2. The maximum absolute atomic E-state index is 11.1. The molecule has 0 aliphatic heterocycles. The maximum Gasteiger partial charge on any atom is 0.407 e. The van der Waals surface area contributed by atoms with Gasteiger partial charge >= 0.3 is 6.09 Å². The number of rotatable bonds is 8. The lowest BCUT2D eigenvalue weighted by Crippen LogP contribution is -2.29. The summed E-state index contributed by atoms with van der Waals surface area (Å²) in [6, 6.07) is 9.49. The number of carboxylic acid groups (broad SMARTS) is 1. The van der Waals surface area contributed by atoms with Crippen molar-refractivity contribution >= 4 is 12.0 Å². The summed E-state index contributed by atoms with van der Waals surface area (Å²) in [5, 5.41) is 9.13. The number of carbonyl (C=O) groups excluding carboxylic acids is 1. The van der Waals surface area contributed by atoms with Crippen molar-refractivity contribution in [3.8, 4) is 0 Å². The third-order valence-corrected chi connectivity index (χ3v) is 2.84. The predicted molar refractivity (Wildman–Crippen MR) is 72.5 cm³/mol. The molecule has 1 aromatic rings.